The van der Waals surface area contributed by atoms with Crippen LogP contribution in [0.25, 0.3) is 0 Å². The molecule has 0 aromatic rings. The van der Waals surface area contributed by atoms with Gasteiger partial charge in [0.05, 0.1) is 11.4 Å². The van der Waals surface area contributed by atoms with Gasteiger partial charge in [0, 0.05) is 5.88 Å². The lowest BCUT2D eigenvalue weighted by molar-refractivity contribution is -0.0358. The maximum atomic E-state index is 11.4. The Morgan fingerprint density at radius 1 is 1.43 bits per heavy atom. The summed E-state index contributed by atoms with van der Waals surface area (Å²) >= 11 is 5.52. The molecule has 0 bridgehead atoms. The third-order valence-electron chi connectivity index (χ3n) is 1.24. The molecule has 0 aromatic heterocycles. The predicted octanol–water partition coefficient (Wildman–Crippen LogP) is 1.51. The predicted molar refractivity (Wildman–Crippen MR) is 57.6 cm³/mol. The van der Waals surface area contributed by atoms with E-state index in [2.05, 4.69) is 4.89 Å². The van der Waals surface area contributed by atoms with Crippen molar-refractivity contribution >= 4 is 21.6 Å². The highest BCUT2D eigenvalue weighted by Crippen LogP contribution is 2.07. The molecule has 1 N–H and O–H groups in total. The average molecular weight is 244 g/mol. The fraction of sp³-hybridized carbons (Fsp3) is 1.00. The van der Waals surface area contributed by atoms with E-state index in [0.29, 0.717) is 5.88 Å². The number of alkyl halides is 1. The van der Waals surface area contributed by atoms with E-state index < -0.39 is 15.6 Å². The number of sulfonamides is 1. The van der Waals surface area contributed by atoms with Crippen LogP contribution in [-0.4, -0.2) is 25.7 Å². The van der Waals surface area contributed by atoms with Crippen LogP contribution in [-0.2, 0) is 14.9 Å². The van der Waals surface area contributed by atoms with Crippen LogP contribution in [0, 0.1) is 5.92 Å². The minimum Gasteiger partial charge on any atom is -0.281 e. The van der Waals surface area contributed by atoms with Gasteiger partial charge in [-0.25, -0.2) is 8.42 Å². The Balaban J connectivity index is 4.10. The van der Waals surface area contributed by atoms with Gasteiger partial charge in [-0.2, -0.15) is 0 Å². The quantitative estimate of drug-likeness (QED) is 0.588. The molecule has 0 radical (unpaired) electrons. The normalized spacial score (nSPS) is 15.5. The summed E-state index contributed by atoms with van der Waals surface area (Å²) in [6.07, 6.45) is 0. The lowest BCUT2D eigenvalue weighted by Crippen LogP contribution is -2.36. The number of hydrogen-bond acceptors (Lipinski definition) is 3. The van der Waals surface area contributed by atoms with Crippen LogP contribution in [0.3, 0.4) is 0 Å². The Bertz CT molecular complexity index is 258. The van der Waals surface area contributed by atoms with Crippen molar-refractivity contribution in [2.75, 3.05) is 11.6 Å². The van der Waals surface area contributed by atoms with Crippen LogP contribution in [0.5, 0.6) is 0 Å². The molecule has 0 heterocycles. The fourth-order valence-corrected chi connectivity index (χ4v) is 2.19. The summed E-state index contributed by atoms with van der Waals surface area (Å²) in [5, 5.41) is 0. The number of halogens is 1. The topological polar surface area (TPSA) is 55.4 Å². The second kappa shape index (κ2) is 5.30. The molecule has 0 aliphatic carbocycles. The molecule has 1 unspecified atom stereocenters. The summed E-state index contributed by atoms with van der Waals surface area (Å²) in [6, 6.07) is 0. The molecular weight excluding hydrogens is 226 g/mol. The van der Waals surface area contributed by atoms with Crippen LogP contribution in [0.15, 0.2) is 0 Å². The Morgan fingerprint density at radius 3 is 2.29 bits per heavy atom. The maximum absolute atomic E-state index is 11.4. The van der Waals surface area contributed by atoms with Crippen molar-refractivity contribution in [3.8, 4) is 0 Å². The van der Waals surface area contributed by atoms with Crippen LogP contribution in [0.1, 0.15) is 27.7 Å². The molecule has 0 saturated heterocycles. The Hall–Kier alpha value is 0.160. The van der Waals surface area contributed by atoms with Crippen LogP contribution < -0.4 is 4.89 Å². The van der Waals surface area contributed by atoms with Gasteiger partial charge >= 0.3 is 0 Å². The molecule has 1 atom stereocenters. The molecule has 0 saturated carbocycles. The van der Waals surface area contributed by atoms with Crippen molar-refractivity contribution in [2.45, 2.75) is 33.3 Å². The molecule has 0 spiro atoms. The van der Waals surface area contributed by atoms with E-state index in [-0.39, 0.29) is 11.7 Å². The van der Waals surface area contributed by atoms with Gasteiger partial charge in [-0.3, -0.25) is 4.84 Å². The summed E-state index contributed by atoms with van der Waals surface area (Å²) in [7, 11) is -3.38. The van der Waals surface area contributed by atoms with Crippen LogP contribution >= 0.6 is 11.6 Å². The van der Waals surface area contributed by atoms with Gasteiger partial charge in [0.25, 0.3) is 0 Å². The second-order valence-electron chi connectivity index (χ2n) is 4.34. The van der Waals surface area contributed by atoms with Crippen LogP contribution in [0.2, 0.25) is 0 Å². The van der Waals surface area contributed by atoms with Gasteiger partial charge in [-0.05, 0) is 26.7 Å². The van der Waals surface area contributed by atoms with Gasteiger partial charge in [0.1, 0.15) is 0 Å². The number of nitrogens with one attached hydrogen (secondary N) is 1. The lowest BCUT2D eigenvalue weighted by atomic mass is 10.2. The summed E-state index contributed by atoms with van der Waals surface area (Å²) in [4.78, 5) is 7.04. The van der Waals surface area contributed by atoms with E-state index in [9.17, 15) is 8.42 Å². The maximum Gasteiger partial charge on any atom is 0.233 e. The molecule has 0 aliphatic rings. The first-order chi connectivity index (χ1) is 6.16. The molecule has 86 valence electrons. The first-order valence-electron chi connectivity index (χ1n) is 4.40. The highest BCUT2D eigenvalue weighted by molar-refractivity contribution is 7.89. The van der Waals surface area contributed by atoms with Crippen molar-refractivity contribution in [1.82, 2.24) is 4.89 Å². The third kappa shape index (κ3) is 7.55. The van der Waals surface area contributed by atoms with Gasteiger partial charge in [0.2, 0.25) is 10.0 Å². The van der Waals surface area contributed by atoms with E-state index in [0.717, 1.165) is 0 Å². The molecule has 0 rings (SSSR count). The molecule has 0 fully saturated rings. The van der Waals surface area contributed by atoms with E-state index >= 15 is 0 Å². The van der Waals surface area contributed by atoms with Crippen LogP contribution in [0.4, 0.5) is 0 Å². The monoisotopic (exact) mass is 243 g/mol. The van der Waals surface area contributed by atoms with Crippen molar-refractivity contribution in [3.05, 3.63) is 0 Å². The molecule has 14 heavy (non-hydrogen) atoms. The zero-order valence-corrected chi connectivity index (χ0v) is 10.6. The molecule has 0 aromatic carbocycles. The summed E-state index contributed by atoms with van der Waals surface area (Å²) in [6.45, 7) is 7.06. The lowest BCUT2D eigenvalue weighted by Gasteiger charge is -2.19. The SMILES string of the molecule is CC(CCl)CS(=O)(=O)NOC(C)(C)C. The Labute approximate surface area is 91.0 Å². The van der Waals surface area contributed by atoms with Gasteiger partial charge in [-0.15, -0.1) is 11.6 Å². The summed E-state index contributed by atoms with van der Waals surface area (Å²) in [5.74, 6) is 0.209. The minimum atomic E-state index is -3.38. The van der Waals surface area contributed by atoms with E-state index in [1.807, 2.05) is 0 Å². The zero-order chi connectivity index (χ0) is 11.4. The fourth-order valence-electron chi connectivity index (χ4n) is 0.642. The van der Waals surface area contributed by atoms with E-state index in [1.165, 1.54) is 0 Å². The molecule has 6 heteroatoms. The smallest absolute Gasteiger partial charge is 0.233 e. The summed E-state index contributed by atoms with van der Waals surface area (Å²) in [5.41, 5.74) is -0.530. The van der Waals surface area contributed by atoms with Crippen molar-refractivity contribution in [2.24, 2.45) is 5.92 Å². The van der Waals surface area contributed by atoms with Crippen molar-refractivity contribution in [3.63, 3.8) is 0 Å². The molecule has 4 nitrogen and oxygen atoms in total. The Morgan fingerprint density at radius 2 is 1.93 bits per heavy atom. The zero-order valence-electron chi connectivity index (χ0n) is 9.00. The highest BCUT2D eigenvalue weighted by Gasteiger charge is 2.19. The minimum absolute atomic E-state index is 0.0212. The van der Waals surface area contributed by atoms with E-state index in [1.54, 1.807) is 27.7 Å². The standard InChI is InChI=1S/C8H18ClNO3S/c1-7(5-9)6-14(11,12)10-13-8(2,3)4/h7,10H,5-6H2,1-4H3. The first-order valence-corrected chi connectivity index (χ1v) is 6.58. The number of rotatable bonds is 5. The number of hydrogen-bond donors (Lipinski definition) is 1. The highest BCUT2D eigenvalue weighted by atomic mass is 35.5. The van der Waals surface area contributed by atoms with Gasteiger partial charge in [0.15, 0.2) is 0 Å². The second-order valence-corrected chi connectivity index (χ2v) is 6.38. The van der Waals surface area contributed by atoms with Gasteiger partial charge < -0.3 is 0 Å². The van der Waals surface area contributed by atoms with Crippen molar-refractivity contribution in [1.29, 1.82) is 0 Å². The molecule has 0 aliphatic heterocycles. The Kier molecular flexibility index (Phi) is 5.36. The van der Waals surface area contributed by atoms with E-state index in [4.69, 9.17) is 16.4 Å². The van der Waals surface area contributed by atoms with Gasteiger partial charge in [-0.1, -0.05) is 11.8 Å². The largest absolute Gasteiger partial charge is 0.281 e. The average Bonchev–Trinajstić information content (AvgIpc) is 1.99. The first kappa shape index (κ1) is 14.2. The third-order valence-corrected chi connectivity index (χ3v) is 3.11. The molecule has 0 amide bonds. The molecular formula is C8H18ClNO3S. The van der Waals surface area contributed by atoms with Crippen molar-refractivity contribution < 1.29 is 13.3 Å². The summed E-state index contributed by atoms with van der Waals surface area (Å²) < 4.78 is 22.7.